The molecule has 2 unspecified atom stereocenters. The summed E-state index contributed by atoms with van der Waals surface area (Å²) >= 11 is 0. The Morgan fingerprint density at radius 1 is 0.431 bits per heavy atom. The molecule has 1 aliphatic carbocycles. The van der Waals surface area contributed by atoms with E-state index in [0.717, 1.165) is 39.7 Å². The van der Waals surface area contributed by atoms with Crippen LogP contribution in [0.5, 0.6) is 0 Å². The quantitative estimate of drug-likeness (QED) is 0.189. The van der Waals surface area contributed by atoms with Gasteiger partial charge >= 0.3 is 0 Å². The van der Waals surface area contributed by atoms with Crippen LogP contribution in [0.15, 0.2) is 146 Å². The Hall–Kier alpha value is -6.27. The second kappa shape index (κ2) is 11.1. The monoisotopic (exact) mass is 658 g/mol. The first-order chi connectivity index (χ1) is 25.3. The average molecular weight is 659 g/mol. The van der Waals surface area contributed by atoms with Gasteiger partial charge in [0.25, 0.3) is 0 Å². The van der Waals surface area contributed by atoms with Gasteiger partial charge in [-0.2, -0.15) is 15.0 Å². The number of rotatable bonds is 4. The number of nitrogens with zero attached hydrogens (tertiary/aromatic N) is 6. The zero-order chi connectivity index (χ0) is 33.5. The van der Waals surface area contributed by atoms with Gasteiger partial charge < -0.3 is 9.47 Å². The largest absolute Gasteiger partial charge is 0.309 e. The number of hydrogen-bond donors (Lipinski definition) is 0. The number of para-hydroxylation sites is 6. The molecule has 0 radical (unpaired) electrons. The molecule has 244 valence electrons. The Bertz CT molecular complexity index is 2700. The van der Waals surface area contributed by atoms with Gasteiger partial charge in [0.15, 0.2) is 5.82 Å². The van der Waals surface area contributed by atoms with Crippen molar-refractivity contribution in [1.29, 1.82) is 0 Å². The van der Waals surface area contributed by atoms with Gasteiger partial charge in [0.05, 0.1) is 27.8 Å². The summed E-state index contributed by atoms with van der Waals surface area (Å²) < 4.78 is 4.59. The van der Waals surface area contributed by atoms with Gasteiger partial charge in [0.1, 0.15) is 0 Å². The van der Waals surface area contributed by atoms with Crippen LogP contribution in [0.3, 0.4) is 0 Å². The predicted molar refractivity (Wildman–Crippen MR) is 208 cm³/mol. The molecule has 3 aromatic heterocycles. The number of aromatic nitrogens is 5. The highest BCUT2D eigenvalue weighted by Crippen LogP contribution is 2.50. The molecule has 51 heavy (non-hydrogen) atoms. The first-order valence-corrected chi connectivity index (χ1v) is 18.0. The number of fused-ring (bicyclic) bond motifs is 9. The van der Waals surface area contributed by atoms with Gasteiger partial charge in [0, 0.05) is 44.8 Å². The minimum absolute atomic E-state index is 0.310. The predicted octanol–water partition coefficient (Wildman–Crippen LogP) is 10.9. The summed E-state index contributed by atoms with van der Waals surface area (Å²) in [5.74, 6) is 2.46. The molecule has 0 saturated heterocycles. The SMILES string of the molecule is c1ccc(-n2c3ccccc3c3ccccc32)c(-c2nc(N3c4ccccc4C4CCCCC43)nc(-n3c4ccccc4c4ccccc43)n2)c1. The van der Waals surface area contributed by atoms with Crippen LogP contribution in [-0.2, 0) is 0 Å². The van der Waals surface area contributed by atoms with Crippen molar-refractivity contribution in [2.45, 2.75) is 37.6 Å². The van der Waals surface area contributed by atoms with E-state index in [1.54, 1.807) is 0 Å². The van der Waals surface area contributed by atoms with Crippen LogP contribution in [-0.4, -0.2) is 30.1 Å². The van der Waals surface area contributed by atoms with Gasteiger partial charge in [-0.15, -0.1) is 0 Å². The van der Waals surface area contributed by atoms with Gasteiger partial charge in [-0.25, -0.2) is 0 Å². The maximum absolute atomic E-state index is 5.45. The smallest absolute Gasteiger partial charge is 0.240 e. The van der Waals surface area contributed by atoms with Crippen molar-refractivity contribution >= 4 is 55.2 Å². The fourth-order valence-corrected chi connectivity index (χ4v) is 9.10. The maximum Gasteiger partial charge on any atom is 0.240 e. The van der Waals surface area contributed by atoms with Gasteiger partial charge in [-0.05, 0) is 60.9 Å². The second-order valence-corrected chi connectivity index (χ2v) is 13.9. The summed E-state index contributed by atoms with van der Waals surface area (Å²) in [4.78, 5) is 18.7. The minimum Gasteiger partial charge on any atom is -0.309 e. The van der Waals surface area contributed by atoms with Crippen molar-refractivity contribution in [3.05, 3.63) is 151 Å². The van der Waals surface area contributed by atoms with E-state index in [1.807, 2.05) is 0 Å². The van der Waals surface area contributed by atoms with Crippen molar-refractivity contribution in [2.24, 2.45) is 0 Å². The Labute approximate surface area is 295 Å². The lowest BCUT2D eigenvalue weighted by atomic mass is 9.82. The van der Waals surface area contributed by atoms with E-state index >= 15 is 0 Å². The number of benzene rings is 6. The highest BCUT2D eigenvalue weighted by Gasteiger charge is 2.42. The number of anilines is 2. The summed E-state index contributed by atoms with van der Waals surface area (Å²) in [6.45, 7) is 0. The van der Waals surface area contributed by atoms with Crippen LogP contribution in [0.1, 0.15) is 37.2 Å². The van der Waals surface area contributed by atoms with Crippen LogP contribution in [0.2, 0.25) is 0 Å². The maximum atomic E-state index is 5.45. The van der Waals surface area contributed by atoms with Crippen LogP contribution in [0.25, 0.3) is 66.6 Å². The van der Waals surface area contributed by atoms with E-state index < -0.39 is 0 Å². The van der Waals surface area contributed by atoms with E-state index in [9.17, 15) is 0 Å². The van der Waals surface area contributed by atoms with E-state index in [0.29, 0.717) is 29.7 Å². The molecule has 1 aliphatic heterocycles. The normalized spacial score (nSPS) is 17.1. The molecule has 6 heteroatoms. The third-order valence-electron chi connectivity index (χ3n) is 11.2. The average Bonchev–Trinajstić information content (AvgIpc) is 3.84. The molecule has 2 atom stereocenters. The molecule has 9 aromatic rings. The van der Waals surface area contributed by atoms with E-state index in [4.69, 9.17) is 15.0 Å². The van der Waals surface area contributed by atoms with Crippen LogP contribution >= 0.6 is 0 Å². The Morgan fingerprint density at radius 2 is 0.922 bits per heavy atom. The topological polar surface area (TPSA) is 51.8 Å². The molecule has 6 aromatic carbocycles. The van der Waals surface area contributed by atoms with E-state index in [-0.39, 0.29) is 0 Å². The molecule has 2 aliphatic rings. The first kappa shape index (κ1) is 28.6. The van der Waals surface area contributed by atoms with Crippen LogP contribution in [0, 0.1) is 0 Å². The van der Waals surface area contributed by atoms with Gasteiger partial charge in [-0.3, -0.25) is 4.57 Å². The lowest BCUT2D eigenvalue weighted by Crippen LogP contribution is -2.34. The highest BCUT2D eigenvalue weighted by molar-refractivity contribution is 6.10. The summed E-state index contributed by atoms with van der Waals surface area (Å²) in [6.07, 6.45) is 4.76. The Kier molecular flexibility index (Phi) is 6.23. The molecule has 1 saturated carbocycles. The van der Waals surface area contributed by atoms with E-state index in [2.05, 4.69) is 160 Å². The lowest BCUT2D eigenvalue weighted by Gasteiger charge is -2.32. The molecule has 11 rings (SSSR count). The second-order valence-electron chi connectivity index (χ2n) is 13.9. The van der Waals surface area contributed by atoms with Crippen molar-refractivity contribution in [1.82, 2.24) is 24.1 Å². The van der Waals surface area contributed by atoms with Gasteiger partial charge in [-0.1, -0.05) is 116 Å². The first-order valence-electron chi connectivity index (χ1n) is 18.0. The molecule has 6 nitrogen and oxygen atoms in total. The fraction of sp³-hybridized carbons (Fsp3) is 0.133. The Morgan fingerprint density at radius 3 is 1.57 bits per heavy atom. The molecular formula is C45H34N6. The van der Waals surface area contributed by atoms with Crippen molar-refractivity contribution in [3.8, 4) is 23.0 Å². The third kappa shape index (κ3) is 4.20. The third-order valence-corrected chi connectivity index (χ3v) is 11.2. The van der Waals surface area contributed by atoms with Crippen molar-refractivity contribution in [2.75, 3.05) is 4.90 Å². The summed E-state index contributed by atoms with van der Waals surface area (Å²) in [7, 11) is 0. The zero-order valence-corrected chi connectivity index (χ0v) is 28.0. The van der Waals surface area contributed by atoms with Crippen molar-refractivity contribution < 1.29 is 0 Å². The fourth-order valence-electron chi connectivity index (χ4n) is 9.10. The summed E-state index contributed by atoms with van der Waals surface area (Å²) in [6, 6.07) is 52.2. The lowest BCUT2D eigenvalue weighted by molar-refractivity contribution is 0.399. The number of hydrogen-bond acceptors (Lipinski definition) is 4. The van der Waals surface area contributed by atoms with Crippen LogP contribution < -0.4 is 4.90 Å². The molecule has 1 fully saturated rings. The molecule has 0 spiro atoms. The molecule has 0 N–H and O–H groups in total. The summed E-state index contributed by atoms with van der Waals surface area (Å²) in [5, 5.41) is 4.81. The molecule has 4 heterocycles. The zero-order valence-electron chi connectivity index (χ0n) is 28.0. The molecular weight excluding hydrogens is 625 g/mol. The van der Waals surface area contributed by atoms with Crippen molar-refractivity contribution in [3.63, 3.8) is 0 Å². The molecule has 0 bridgehead atoms. The standard InChI is InChI=1S/C45H34N6/c1-8-22-36-29(15-1)30-16-2-9-23-37(30)49(36)42-28-14-7-21-35(42)43-46-44(50-38-24-10-3-17-31(38)32-18-4-11-25-39(32)50)48-45(47-43)51-40-26-12-5-19-33(40)34-20-6-13-27-41(34)51/h1-5,7-12,14-19,21-26,28,34,41H,6,13,20,27H2. The minimum atomic E-state index is 0.310. The Balaban J connectivity index is 1.21. The van der Waals surface area contributed by atoms with Gasteiger partial charge in [0.2, 0.25) is 11.9 Å². The van der Waals surface area contributed by atoms with Crippen LogP contribution in [0.4, 0.5) is 11.6 Å². The highest BCUT2D eigenvalue weighted by atomic mass is 15.3. The molecule has 0 amide bonds. The van der Waals surface area contributed by atoms with E-state index in [1.165, 1.54) is 52.1 Å². The summed E-state index contributed by atoms with van der Waals surface area (Å²) in [5.41, 5.74) is 9.09.